The number of nitriles is 1. The summed E-state index contributed by atoms with van der Waals surface area (Å²) in [7, 11) is 1.60. The number of hydrogen-bond donors (Lipinski definition) is 0. The first-order valence-electron chi connectivity index (χ1n) is 5.26. The maximum atomic E-state index is 8.84. The van der Waals surface area contributed by atoms with Crippen LogP contribution in [-0.2, 0) is 0 Å². The van der Waals surface area contributed by atoms with Gasteiger partial charge in [0.1, 0.15) is 5.75 Å². The zero-order chi connectivity index (χ0) is 12.3. The molecule has 2 rings (SSSR count). The molecular weight excluding hydrogens is 212 g/mol. The predicted octanol–water partition coefficient (Wildman–Crippen LogP) is 2.94. The van der Waals surface area contributed by atoms with E-state index in [1.807, 2.05) is 25.1 Å². The van der Waals surface area contributed by atoms with Crippen molar-refractivity contribution in [2.24, 2.45) is 0 Å². The van der Waals surface area contributed by atoms with Gasteiger partial charge in [-0.15, -0.1) is 0 Å². The van der Waals surface area contributed by atoms with E-state index in [9.17, 15) is 0 Å². The van der Waals surface area contributed by atoms with Gasteiger partial charge < -0.3 is 4.74 Å². The maximum absolute atomic E-state index is 8.84. The highest BCUT2D eigenvalue weighted by Gasteiger charge is 2.06. The standard InChI is InChI=1S/C14H12N2O/c1-10-3-5-12(9-16-10)13-6-4-11(8-15)7-14(13)17-2/h3-7,9H,1-2H3. The Bertz CT molecular complexity index is 568. The molecule has 0 fully saturated rings. The smallest absolute Gasteiger partial charge is 0.128 e. The fourth-order valence-corrected chi connectivity index (χ4v) is 1.63. The van der Waals surface area contributed by atoms with Crippen LogP contribution in [0.5, 0.6) is 5.75 Å². The summed E-state index contributed by atoms with van der Waals surface area (Å²) in [4.78, 5) is 4.25. The Kier molecular flexibility index (Phi) is 3.06. The van der Waals surface area contributed by atoms with Gasteiger partial charge in [-0.25, -0.2) is 0 Å². The van der Waals surface area contributed by atoms with Crippen molar-refractivity contribution in [3.8, 4) is 22.9 Å². The summed E-state index contributed by atoms with van der Waals surface area (Å²) >= 11 is 0. The molecule has 0 saturated carbocycles. The van der Waals surface area contributed by atoms with E-state index < -0.39 is 0 Å². The average molecular weight is 224 g/mol. The van der Waals surface area contributed by atoms with Crippen molar-refractivity contribution in [1.29, 1.82) is 5.26 Å². The molecule has 3 heteroatoms. The lowest BCUT2D eigenvalue weighted by Gasteiger charge is -2.08. The molecule has 0 bridgehead atoms. The van der Waals surface area contributed by atoms with E-state index in [0.717, 1.165) is 16.8 Å². The number of aryl methyl sites for hydroxylation is 1. The molecule has 0 unspecified atom stereocenters. The van der Waals surface area contributed by atoms with Gasteiger partial charge in [-0.1, -0.05) is 6.07 Å². The van der Waals surface area contributed by atoms with Crippen LogP contribution in [0.2, 0.25) is 0 Å². The number of ether oxygens (including phenoxy) is 1. The number of pyridine rings is 1. The van der Waals surface area contributed by atoms with Crippen LogP contribution in [0.3, 0.4) is 0 Å². The minimum absolute atomic E-state index is 0.589. The first-order valence-corrected chi connectivity index (χ1v) is 5.26. The molecule has 1 aromatic carbocycles. The van der Waals surface area contributed by atoms with Gasteiger partial charge in [-0.05, 0) is 31.2 Å². The van der Waals surface area contributed by atoms with Crippen LogP contribution in [0.15, 0.2) is 36.5 Å². The Morgan fingerprint density at radius 1 is 1.24 bits per heavy atom. The third-order valence-electron chi connectivity index (χ3n) is 2.55. The second-order valence-corrected chi connectivity index (χ2v) is 3.72. The molecular formula is C14H12N2O. The van der Waals surface area contributed by atoms with Crippen LogP contribution >= 0.6 is 0 Å². The molecule has 0 aliphatic rings. The summed E-state index contributed by atoms with van der Waals surface area (Å²) in [5.41, 5.74) is 3.49. The first-order chi connectivity index (χ1) is 8.24. The van der Waals surface area contributed by atoms with Crippen molar-refractivity contribution in [3.05, 3.63) is 47.8 Å². The molecule has 0 amide bonds. The van der Waals surface area contributed by atoms with Gasteiger partial charge in [0, 0.05) is 23.0 Å². The fraction of sp³-hybridized carbons (Fsp3) is 0.143. The number of methoxy groups -OCH3 is 1. The van der Waals surface area contributed by atoms with Crippen molar-refractivity contribution in [3.63, 3.8) is 0 Å². The summed E-state index contributed by atoms with van der Waals surface area (Å²) in [6.07, 6.45) is 1.80. The van der Waals surface area contributed by atoms with Crippen LogP contribution in [0, 0.1) is 18.3 Å². The number of aromatic nitrogens is 1. The van der Waals surface area contributed by atoms with Crippen molar-refractivity contribution in [2.45, 2.75) is 6.92 Å². The molecule has 17 heavy (non-hydrogen) atoms. The lowest BCUT2D eigenvalue weighted by Crippen LogP contribution is -1.90. The van der Waals surface area contributed by atoms with Gasteiger partial charge in [0.15, 0.2) is 0 Å². The van der Waals surface area contributed by atoms with E-state index in [2.05, 4.69) is 11.1 Å². The Labute approximate surface area is 100 Å². The van der Waals surface area contributed by atoms with Crippen molar-refractivity contribution < 1.29 is 4.74 Å². The van der Waals surface area contributed by atoms with Crippen molar-refractivity contribution >= 4 is 0 Å². The molecule has 3 nitrogen and oxygen atoms in total. The molecule has 0 aliphatic carbocycles. The lowest BCUT2D eigenvalue weighted by atomic mass is 10.0. The first kappa shape index (κ1) is 11.2. The van der Waals surface area contributed by atoms with Gasteiger partial charge in [0.25, 0.3) is 0 Å². The topological polar surface area (TPSA) is 45.9 Å². The van der Waals surface area contributed by atoms with Crippen molar-refractivity contribution in [2.75, 3.05) is 7.11 Å². The maximum Gasteiger partial charge on any atom is 0.128 e. The molecule has 0 spiro atoms. The molecule has 2 aromatic rings. The minimum atomic E-state index is 0.589. The largest absolute Gasteiger partial charge is 0.496 e. The molecule has 0 aliphatic heterocycles. The van der Waals surface area contributed by atoms with E-state index in [4.69, 9.17) is 10.00 Å². The van der Waals surface area contributed by atoms with Gasteiger partial charge in [0.05, 0.1) is 18.7 Å². The number of rotatable bonds is 2. The monoisotopic (exact) mass is 224 g/mol. The third-order valence-corrected chi connectivity index (χ3v) is 2.55. The minimum Gasteiger partial charge on any atom is -0.496 e. The van der Waals surface area contributed by atoms with E-state index in [1.165, 1.54) is 0 Å². The fourth-order valence-electron chi connectivity index (χ4n) is 1.63. The SMILES string of the molecule is COc1cc(C#N)ccc1-c1ccc(C)nc1. The Morgan fingerprint density at radius 2 is 2.06 bits per heavy atom. The summed E-state index contributed by atoms with van der Waals surface area (Å²) in [6.45, 7) is 1.94. The average Bonchev–Trinajstić information content (AvgIpc) is 2.39. The number of hydrogen-bond acceptors (Lipinski definition) is 3. The quantitative estimate of drug-likeness (QED) is 0.787. The second kappa shape index (κ2) is 4.67. The zero-order valence-corrected chi connectivity index (χ0v) is 9.77. The summed E-state index contributed by atoms with van der Waals surface area (Å²) in [5, 5.41) is 8.84. The summed E-state index contributed by atoms with van der Waals surface area (Å²) < 4.78 is 5.29. The van der Waals surface area contributed by atoms with E-state index >= 15 is 0 Å². The molecule has 0 N–H and O–H groups in total. The van der Waals surface area contributed by atoms with E-state index in [0.29, 0.717) is 11.3 Å². The van der Waals surface area contributed by atoms with Gasteiger partial charge in [-0.3, -0.25) is 4.98 Å². The zero-order valence-electron chi connectivity index (χ0n) is 9.77. The summed E-state index contributed by atoms with van der Waals surface area (Å²) in [5.74, 6) is 0.690. The van der Waals surface area contributed by atoms with E-state index in [-0.39, 0.29) is 0 Å². The Morgan fingerprint density at radius 3 is 2.65 bits per heavy atom. The van der Waals surface area contributed by atoms with Crippen LogP contribution in [0.25, 0.3) is 11.1 Å². The third kappa shape index (κ3) is 2.26. The lowest BCUT2D eigenvalue weighted by molar-refractivity contribution is 0.416. The molecule has 0 atom stereocenters. The molecule has 1 heterocycles. The second-order valence-electron chi connectivity index (χ2n) is 3.72. The van der Waals surface area contributed by atoms with Crippen LogP contribution in [0.1, 0.15) is 11.3 Å². The normalized spacial score (nSPS) is 9.71. The molecule has 1 aromatic heterocycles. The van der Waals surface area contributed by atoms with Gasteiger partial charge >= 0.3 is 0 Å². The van der Waals surface area contributed by atoms with Crippen LogP contribution in [0.4, 0.5) is 0 Å². The Hall–Kier alpha value is -2.34. The van der Waals surface area contributed by atoms with Crippen LogP contribution in [-0.4, -0.2) is 12.1 Å². The van der Waals surface area contributed by atoms with Crippen molar-refractivity contribution in [1.82, 2.24) is 4.98 Å². The molecule has 84 valence electrons. The number of benzene rings is 1. The molecule has 0 saturated heterocycles. The predicted molar refractivity (Wildman–Crippen MR) is 65.7 cm³/mol. The highest BCUT2D eigenvalue weighted by molar-refractivity contribution is 5.70. The number of nitrogens with zero attached hydrogens (tertiary/aromatic N) is 2. The molecule has 0 radical (unpaired) electrons. The van der Waals surface area contributed by atoms with Gasteiger partial charge in [-0.2, -0.15) is 5.26 Å². The highest BCUT2D eigenvalue weighted by atomic mass is 16.5. The highest BCUT2D eigenvalue weighted by Crippen LogP contribution is 2.30. The van der Waals surface area contributed by atoms with E-state index in [1.54, 1.807) is 25.4 Å². The summed E-state index contributed by atoms with van der Waals surface area (Å²) in [6, 6.07) is 11.4. The Balaban J connectivity index is 2.52. The van der Waals surface area contributed by atoms with Gasteiger partial charge in [0.2, 0.25) is 0 Å². The van der Waals surface area contributed by atoms with Crippen LogP contribution < -0.4 is 4.74 Å².